The van der Waals surface area contributed by atoms with E-state index in [-0.39, 0.29) is 28.2 Å². The van der Waals surface area contributed by atoms with Gasteiger partial charge in [-0.05, 0) is 44.2 Å². The number of amidine groups is 1. The second-order valence-corrected chi connectivity index (χ2v) is 10.0. The molecule has 0 N–H and O–H groups in total. The standard InChI is InChI=1S/C19H25N3O4S/c1-14-12-16(22(23)24)8-9-17(14)20-18-21(15-6-2-3-7-15)19(10-4-5-11-19)13-27(18,25)26/h8-9,12,15H,2-7,10-11,13H2,1H3. The fourth-order valence-electron chi connectivity index (χ4n) is 5.07. The van der Waals surface area contributed by atoms with Crippen LogP contribution >= 0.6 is 0 Å². The molecule has 27 heavy (non-hydrogen) atoms. The normalized spacial score (nSPS) is 25.7. The molecule has 0 unspecified atom stereocenters. The first kappa shape index (κ1) is 18.4. The van der Waals surface area contributed by atoms with Crippen molar-refractivity contribution in [3.05, 3.63) is 33.9 Å². The molecule has 1 spiro atoms. The van der Waals surface area contributed by atoms with E-state index in [9.17, 15) is 18.5 Å². The molecule has 0 bridgehead atoms. The van der Waals surface area contributed by atoms with Crippen molar-refractivity contribution >= 4 is 26.4 Å². The lowest BCUT2D eigenvalue weighted by atomic mass is 9.95. The predicted molar refractivity (Wildman–Crippen MR) is 104 cm³/mol. The third-order valence-electron chi connectivity index (χ3n) is 6.29. The summed E-state index contributed by atoms with van der Waals surface area (Å²) < 4.78 is 26.2. The van der Waals surface area contributed by atoms with E-state index in [2.05, 4.69) is 9.89 Å². The van der Waals surface area contributed by atoms with Gasteiger partial charge >= 0.3 is 0 Å². The molecule has 0 amide bonds. The monoisotopic (exact) mass is 391 g/mol. The zero-order valence-corrected chi connectivity index (χ0v) is 16.4. The molecule has 2 aliphatic carbocycles. The number of nitro groups is 1. The van der Waals surface area contributed by atoms with Crippen molar-refractivity contribution in [3.8, 4) is 0 Å². The van der Waals surface area contributed by atoms with Gasteiger partial charge in [0.15, 0.2) is 0 Å². The summed E-state index contributed by atoms with van der Waals surface area (Å²) >= 11 is 0. The highest BCUT2D eigenvalue weighted by Crippen LogP contribution is 2.46. The smallest absolute Gasteiger partial charge is 0.269 e. The Kier molecular flexibility index (Phi) is 4.49. The summed E-state index contributed by atoms with van der Waals surface area (Å²) in [5, 5.41) is 11.2. The SMILES string of the molecule is Cc1cc([N+](=O)[O-])ccc1N=C1N(C2CCCC2)C2(CCCC2)CS1(=O)=O. The highest BCUT2D eigenvalue weighted by molar-refractivity contribution is 8.06. The Morgan fingerprint density at radius 1 is 1.19 bits per heavy atom. The van der Waals surface area contributed by atoms with Gasteiger partial charge in [-0.25, -0.2) is 13.4 Å². The van der Waals surface area contributed by atoms with Crippen molar-refractivity contribution in [1.82, 2.24) is 4.90 Å². The number of non-ortho nitro benzene ring substituents is 1. The van der Waals surface area contributed by atoms with Gasteiger partial charge in [-0.1, -0.05) is 25.7 Å². The number of rotatable bonds is 3. The maximum Gasteiger partial charge on any atom is 0.269 e. The van der Waals surface area contributed by atoms with Crippen molar-refractivity contribution in [2.24, 2.45) is 4.99 Å². The van der Waals surface area contributed by atoms with Gasteiger partial charge in [-0.3, -0.25) is 10.1 Å². The highest BCUT2D eigenvalue weighted by atomic mass is 32.2. The minimum Gasteiger partial charge on any atom is -0.337 e. The van der Waals surface area contributed by atoms with Gasteiger partial charge in [0, 0.05) is 18.2 Å². The van der Waals surface area contributed by atoms with E-state index in [0.717, 1.165) is 51.4 Å². The van der Waals surface area contributed by atoms with E-state index < -0.39 is 14.8 Å². The highest BCUT2D eigenvalue weighted by Gasteiger charge is 2.56. The van der Waals surface area contributed by atoms with Crippen LogP contribution in [0.25, 0.3) is 0 Å². The van der Waals surface area contributed by atoms with E-state index in [1.54, 1.807) is 13.0 Å². The first-order chi connectivity index (χ1) is 12.8. The Labute approximate surface area is 159 Å². The van der Waals surface area contributed by atoms with Crippen LogP contribution in [0.2, 0.25) is 0 Å². The van der Waals surface area contributed by atoms with Gasteiger partial charge in [0.25, 0.3) is 5.69 Å². The molecular formula is C19H25N3O4S. The average Bonchev–Trinajstić information content (AvgIpc) is 3.31. The molecule has 8 heteroatoms. The van der Waals surface area contributed by atoms with Crippen LogP contribution < -0.4 is 0 Å². The van der Waals surface area contributed by atoms with Crippen LogP contribution in [0.1, 0.15) is 56.9 Å². The van der Waals surface area contributed by atoms with Crippen LogP contribution in [-0.4, -0.2) is 40.7 Å². The van der Waals surface area contributed by atoms with Gasteiger partial charge < -0.3 is 4.90 Å². The molecule has 3 fully saturated rings. The molecule has 1 aromatic rings. The predicted octanol–water partition coefficient (Wildman–Crippen LogP) is 3.88. The van der Waals surface area contributed by atoms with E-state index in [1.807, 2.05) is 0 Å². The molecule has 1 heterocycles. The molecule has 0 atom stereocenters. The number of sulfone groups is 1. The van der Waals surface area contributed by atoms with Crippen molar-refractivity contribution < 1.29 is 13.3 Å². The molecule has 1 aliphatic heterocycles. The number of aliphatic imine (C=N–C) groups is 1. The van der Waals surface area contributed by atoms with Gasteiger partial charge in [0.1, 0.15) is 0 Å². The number of hydrogen-bond donors (Lipinski definition) is 0. The number of nitrogens with zero attached hydrogens (tertiary/aromatic N) is 3. The van der Waals surface area contributed by atoms with Crippen molar-refractivity contribution in [2.45, 2.75) is 69.9 Å². The molecule has 146 valence electrons. The molecule has 0 aromatic heterocycles. The third-order valence-corrected chi connectivity index (χ3v) is 8.05. The van der Waals surface area contributed by atoms with Crippen LogP contribution in [0.3, 0.4) is 0 Å². The lowest BCUT2D eigenvalue weighted by Crippen LogP contribution is -2.50. The second-order valence-electron chi connectivity index (χ2n) is 8.12. The lowest BCUT2D eigenvalue weighted by molar-refractivity contribution is -0.384. The zero-order valence-electron chi connectivity index (χ0n) is 15.6. The first-order valence-corrected chi connectivity index (χ1v) is 11.3. The van der Waals surface area contributed by atoms with Gasteiger partial charge in [0.2, 0.25) is 15.0 Å². The van der Waals surface area contributed by atoms with E-state index in [1.165, 1.54) is 12.1 Å². The van der Waals surface area contributed by atoms with Crippen molar-refractivity contribution in [3.63, 3.8) is 0 Å². The van der Waals surface area contributed by atoms with Crippen LogP contribution in [-0.2, 0) is 9.84 Å². The Bertz CT molecular complexity index is 898. The molecule has 0 radical (unpaired) electrons. The second kappa shape index (κ2) is 6.58. The molecular weight excluding hydrogens is 366 g/mol. The van der Waals surface area contributed by atoms with Crippen molar-refractivity contribution in [1.29, 1.82) is 0 Å². The Morgan fingerprint density at radius 2 is 1.85 bits per heavy atom. The van der Waals surface area contributed by atoms with Crippen LogP contribution in [0.15, 0.2) is 23.2 Å². The fourth-order valence-corrected chi connectivity index (χ4v) is 7.21. The average molecular weight is 391 g/mol. The quantitative estimate of drug-likeness (QED) is 0.576. The van der Waals surface area contributed by atoms with Crippen LogP contribution in [0.5, 0.6) is 0 Å². The van der Waals surface area contributed by atoms with E-state index >= 15 is 0 Å². The first-order valence-electron chi connectivity index (χ1n) is 9.68. The fraction of sp³-hybridized carbons (Fsp3) is 0.632. The number of nitro benzene ring substituents is 1. The Balaban J connectivity index is 1.81. The van der Waals surface area contributed by atoms with Gasteiger partial charge in [-0.15, -0.1) is 0 Å². The summed E-state index contributed by atoms with van der Waals surface area (Å²) in [5.74, 6) is 0.154. The van der Waals surface area contributed by atoms with Crippen LogP contribution in [0, 0.1) is 17.0 Å². The van der Waals surface area contributed by atoms with E-state index in [4.69, 9.17) is 0 Å². The molecule has 1 saturated heterocycles. The summed E-state index contributed by atoms with van der Waals surface area (Å²) in [6.07, 6.45) is 8.19. The number of aryl methyl sites for hydroxylation is 1. The molecule has 1 aromatic carbocycles. The van der Waals surface area contributed by atoms with Crippen LogP contribution in [0.4, 0.5) is 11.4 Å². The Hall–Kier alpha value is -1.96. The summed E-state index contributed by atoms with van der Waals surface area (Å²) in [5.41, 5.74) is 0.801. The molecule has 3 aliphatic rings. The number of hydrogen-bond acceptors (Lipinski definition) is 5. The molecule has 7 nitrogen and oxygen atoms in total. The molecule has 2 saturated carbocycles. The zero-order chi connectivity index (χ0) is 19.2. The van der Waals surface area contributed by atoms with Gasteiger partial charge in [0.05, 0.1) is 21.9 Å². The minimum absolute atomic E-state index is 0.00867. The topological polar surface area (TPSA) is 92.9 Å². The third kappa shape index (κ3) is 3.13. The maximum absolute atomic E-state index is 13.1. The lowest BCUT2D eigenvalue weighted by Gasteiger charge is -2.39. The number of benzene rings is 1. The maximum atomic E-state index is 13.1. The summed E-state index contributed by atoms with van der Waals surface area (Å²) in [6.45, 7) is 1.74. The minimum atomic E-state index is -3.46. The summed E-state index contributed by atoms with van der Waals surface area (Å²) in [4.78, 5) is 17.3. The largest absolute Gasteiger partial charge is 0.337 e. The Morgan fingerprint density at radius 3 is 2.44 bits per heavy atom. The molecule has 4 rings (SSSR count). The summed E-state index contributed by atoms with van der Waals surface area (Å²) in [6, 6.07) is 4.63. The van der Waals surface area contributed by atoms with E-state index in [0.29, 0.717) is 11.3 Å². The van der Waals surface area contributed by atoms with Crippen molar-refractivity contribution in [2.75, 3.05) is 5.75 Å². The summed E-state index contributed by atoms with van der Waals surface area (Å²) in [7, 11) is -3.46. The van der Waals surface area contributed by atoms with Gasteiger partial charge in [-0.2, -0.15) is 0 Å².